The minimum absolute atomic E-state index is 0.411. The van der Waals surface area contributed by atoms with Crippen LogP contribution in [0.25, 0.3) is 10.8 Å². The van der Waals surface area contributed by atoms with Crippen molar-refractivity contribution in [3.8, 4) is 0 Å². The number of benzene rings is 4. The molecule has 0 aromatic heterocycles. The molecular weight excluding hydrogens is 396 g/mol. The van der Waals surface area contributed by atoms with Gasteiger partial charge in [0.25, 0.3) is 0 Å². The molecule has 2 atom stereocenters. The van der Waals surface area contributed by atoms with Crippen LogP contribution in [-0.4, -0.2) is 0 Å². The van der Waals surface area contributed by atoms with Gasteiger partial charge in [0.1, 0.15) is 0 Å². The van der Waals surface area contributed by atoms with Crippen molar-refractivity contribution in [2.75, 3.05) is 0 Å². The molecule has 1 aliphatic carbocycles. The Morgan fingerprint density at radius 2 is 0.818 bits per heavy atom. The molecule has 0 heterocycles. The van der Waals surface area contributed by atoms with Crippen molar-refractivity contribution >= 4 is 10.8 Å². The van der Waals surface area contributed by atoms with Crippen LogP contribution in [0.1, 0.15) is 85.0 Å². The molecule has 0 bridgehead atoms. The van der Waals surface area contributed by atoms with E-state index in [1.165, 1.54) is 66.4 Å². The first-order chi connectivity index (χ1) is 15.7. The molecule has 5 rings (SSSR count). The number of aryl methyl sites for hydroxylation is 8. The van der Waals surface area contributed by atoms with Crippen molar-refractivity contribution in [3.05, 3.63) is 115 Å². The Morgan fingerprint density at radius 3 is 1.18 bits per heavy atom. The van der Waals surface area contributed by atoms with Crippen molar-refractivity contribution in [2.24, 2.45) is 0 Å². The van der Waals surface area contributed by atoms with Gasteiger partial charge in [-0.15, -0.1) is 0 Å². The van der Waals surface area contributed by atoms with Crippen LogP contribution in [0.5, 0.6) is 0 Å². The van der Waals surface area contributed by atoms with Gasteiger partial charge >= 0.3 is 0 Å². The summed E-state index contributed by atoms with van der Waals surface area (Å²) < 4.78 is 0. The highest BCUT2D eigenvalue weighted by Gasteiger charge is 2.35. The lowest BCUT2D eigenvalue weighted by Gasteiger charge is -2.37. The van der Waals surface area contributed by atoms with Gasteiger partial charge in [-0.2, -0.15) is 0 Å². The van der Waals surface area contributed by atoms with Gasteiger partial charge in [-0.05, 0) is 128 Å². The van der Waals surface area contributed by atoms with E-state index in [0.717, 1.165) is 6.42 Å². The van der Waals surface area contributed by atoms with Gasteiger partial charge < -0.3 is 0 Å². The lowest BCUT2D eigenvalue weighted by Crippen LogP contribution is -2.21. The van der Waals surface area contributed by atoms with Gasteiger partial charge in [0.2, 0.25) is 0 Å². The fourth-order valence-electron chi connectivity index (χ4n) is 7.06. The standard InChI is InChI=1S/C33H36/c1-18-13-22(5)29(23(6)14-18)27-17-28(30-24(7)15-19(2)16-25(30)8)32-21(4)10-12-26-11-9-20(3)31(27)33(26)32/h9-16,27-28H,17H2,1-8H3/t27-,28-/m0/s1. The van der Waals surface area contributed by atoms with Gasteiger partial charge in [-0.3, -0.25) is 0 Å². The van der Waals surface area contributed by atoms with Gasteiger partial charge in [-0.1, -0.05) is 59.7 Å². The first-order valence-corrected chi connectivity index (χ1v) is 12.4. The van der Waals surface area contributed by atoms with E-state index < -0.39 is 0 Å². The third-order valence-corrected chi connectivity index (χ3v) is 8.04. The summed E-state index contributed by atoms with van der Waals surface area (Å²) in [5.41, 5.74) is 17.5. The second-order valence-electron chi connectivity index (χ2n) is 10.7. The predicted molar refractivity (Wildman–Crippen MR) is 143 cm³/mol. The fraction of sp³-hybridized carbons (Fsp3) is 0.333. The third-order valence-electron chi connectivity index (χ3n) is 8.04. The Morgan fingerprint density at radius 1 is 0.455 bits per heavy atom. The summed E-state index contributed by atoms with van der Waals surface area (Å²) in [6.07, 6.45) is 1.13. The molecule has 0 N–H and O–H groups in total. The van der Waals surface area contributed by atoms with Crippen LogP contribution >= 0.6 is 0 Å². The van der Waals surface area contributed by atoms with Crippen LogP contribution in [0.2, 0.25) is 0 Å². The number of hydrogen-bond acceptors (Lipinski definition) is 0. The zero-order valence-electron chi connectivity index (χ0n) is 21.5. The molecular formula is C33H36. The van der Waals surface area contributed by atoms with E-state index in [9.17, 15) is 0 Å². The molecule has 33 heavy (non-hydrogen) atoms. The lowest BCUT2D eigenvalue weighted by molar-refractivity contribution is 0.618. The van der Waals surface area contributed by atoms with Crippen LogP contribution in [-0.2, 0) is 0 Å². The number of hydrogen-bond donors (Lipinski definition) is 0. The molecule has 0 saturated heterocycles. The van der Waals surface area contributed by atoms with E-state index in [1.807, 2.05) is 0 Å². The monoisotopic (exact) mass is 432 g/mol. The Hall–Kier alpha value is -2.86. The van der Waals surface area contributed by atoms with E-state index in [0.29, 0.717) is 11.8 Å². The summed E-state index contributed by atoms with van der Waals surface area (Å²) in [6.45, 7) is 18.3. The molecule has 0 aliphatic heterocycles. The molecule has 168 valence electrons. The summed E-state index contributed by atoms with van der Waals surface area (Å²) >= 11 is 0. The summed E-state index contributed by atoms with van der Waals surface area (Å²) in [6, 6.07) is 18.8. The summed E-state index contributed by atoms with van der Waals surface area (Å²) in [7, 11) is 0. The molecule has 0 fully saturated rings. The second-order valence-corrected chi connectivity index (χ2v) is 10.7. The smallest absolute Gasteiger partial charge is 0.0112 e. The summed E-state index contributed by atoms with van der Waals surface area (Å²) in [5.74, 6) is 0.822. The van der Waals surface area contributed by atoms with E-state index in [-0.39, 0.29) is 0 Å². The highest BCUT2D eigenvalue weighted by molar-refractivity contribution is 5.94. The summed E-state index contributed by atoms with van der Waals surface area (Å²) in [4.78, 5) is 0. The van der Waals surface area contributed by atoms with Gasteiger partial charge in [0.05, 0.1) is 0 Å². The van der Waals surface area contributed by atoms with E-state index in [1.54, 1.807) is 11.1 Å². The maximum atomic E-state index is 2.38. The van der Waals surface area contributed by atoms with Gasteiger partial charge in [0, 0.05) is 11.8 Å². The van der Waals surface area contributed by atoms with Crippen LogP contribution < -0.4 is 0 Å². The second kappa shape index (κ2) is 7.87. The molecule has 1 aliphatic rings. The average Bonchev–Trinajstić information content (AvgIpc) is 2.71. The Labute approximate surface area is 199 Å². The molecule has 0 heteroatoms. The molecule has 4 aromatic carbocycles. The summed E-state index contributed by atoms with van der Waals surface area (Å²) in [5, 5.41) is 2.89. The molecule has 4 aromatic rings. The van der Waals surface area contributed by atoms with Crippen molar-refractivity contribution in [1.29, 1.82) is 0 Å². The topological polar surface area (TPSA) is 0 Å². The maximum absolute atomic E-state index is 2.38. The van der Waals surface area contributed by atoms with Crippen molar-refractivity contribution in [3.63, 3.8) is 0 Å². The predicted octanol–water partition coefficient (Wildman–Crippen LogP) is 8.97. The zero-order chi connectivity index (χ0) is 23.6. The molecule has 0 saturated carbocycles. The van der Waals surface area contributed by atoms with Crippen LogP contribution in [0.4, 0.5) is 0 Å². The zero-order valence-corrected chi connectivity index (χ0v) is 21.5. The minimum Gasteiger partial charge on any atom is -0.0584 e. The lowest BCUT2D eigenvalue weighted by atomic mass is 9.66. The SMILES string of the molecule is Cc1cc(C)c([C@@H]2C[C@@H](c3c(C)cc(C)cc3C)c3c(C)ccc4ccc(C)c2c34)c(C)c1. The molecule has 0 amide bonds. The Balaban J connectivity index is 1.90. The molecule has 0 radical (unpaired) electrons. The van der Waals surface area contributed by atoms with E-state index in [2.05, 4.69) is 104 Å². The van der Waals surface area contributed by atoms with Crippen LogP contribution in [0.3, 0.4) is 0 Å². The van der Waals surface area contributed by atoms with E-state index >= 15 is 0 Å². The third kappa shape index (κ3) is 3.43. The number of rotatable bonds is 2. The van der Waals surface area contributed by atoms with E-state index in [4.69, 9.17) is 0 Å². The molecule has 0 nitrogen and oxygen atoms in total. The first-order valence-electron chi connectivity index (χ1n) is 12.4. The Kier molecular flexibility index (Phi) is 5.24. The highest BCUT2D eigenvalue weighted by Crippen LogP contribution is 2.52. The normalized spacial score (nSPS) is 17.6. The Bertz CT molecular complexity index is 1270. The van der Waals surface area contributed by atoms with Gasteiger partial charge in [-0.25, -0.2) is 0 Å². The van der Waals surface area contributed by atoms with Crippen molar-refractivity contribution in [2.45, 2.75) is 73.6 Å². The quantitative estimate of drug-likeness (QED) is 0.296. The largest absolute Gasteiger partial charge is 0.0584 e. The van der Waals surface area contributed by atoms with Gasteiger partial charge in [0.15, 0.2) is 0 Å². The maximum Gasteiger partial charge on any atom is 0.0112 e. The fourth-order valence-corrected chi connectivity index (χ4v) is 7.06. The average molecular weight is 433 g/mol. The van der Waals surface area contributed by atoms with Crippen LogP contribution in [0, 0.1) is 55.4 Å². The minimum atomic E-state index is 0.411. The molecule has 0 spiro atoms. The molecule has 0 unspecified atom stereocenters. The van der Waals surface area contributed by atoms with Crippen LogP contribution in [0.15, 0.2) is 48.5 Å². The van der Waals surface area contributed by atoms with Crippen molar-refractivity contribution < 1.29 is 0 Å². The van der Waals surface area contributed by atoms with Crippen molar-refractivity contribution in [1.82, 2.24) is 0 Å². The first kappa shape index (κ1) is 22.0. The highest BCUT2D eigenvalue weighted by atomic mass is 14.4.